The van der Waals surface area contributed by atoms with Crippen molar-refractivity contribution in [2.24, 2.45) is 5.41 Å². The molecule has 2 aromatic rings. The SMILES string of the molecule is O=C(O)C(F)(F)F.O=C(c1cscn1)N1CC2(CCN(Cc3cccc(Cl)c3)CC2)C1. The zero-order valence-corrected chi connectivity index (χ0v) is 18.0. The maximum absolute atomic E-state index is 12.3. The van der Waals surface area contributed by atoms with Crippen molar-refractivity contribution in [3.05, 3.63) is 51.4 Å². The average molecular weight is 476 g/mol. The van der Waals surface area contributed by atoms with Crippen molar-refractivity contribution in [2.45, 2.75) is 25.6 Å². The molecular weight excluding hydrogens is 455 g/mol. The zero-order chi connectivity index (χ0) is 22.6. The van der Waals surface area contributed by atoms with Crippen LogP contribution in [0.2, 0.25) is 5.02 Å². The van der Waals surface area contributed by atoms with E-state index in [0.717, 1.165) is 50.6 Å². The van der Waals surface area contributed by atoms with Gasteiger partial charge >= 0.3 is 12.1 Å². The van der Waals surface area contributed by atoms with Crippen molar-refractivity contribution in [1.82, 2.24) is 14.8 Å². The number of amides is 1. The van der Waals surface area contributed by atoms with Crippen LogP contribution in [-0.2, 0) is 11.3 Å². The van der Waals surface area contributed by atoms with E-state index in [1.165, 1.54) is 16.9 Å². The van der Waals surface area contributed by atoms with Gasteiger partial charge in [-0.2, -0.15) is 13.2 Å². The second kappa shape index (κ2) is 9.54. The van der Waals surface area contributed by atoms with Gasteiger partial charge in [0, 0.05) is 35.5 Å². The van der Waals surface area contributed by atoms with E-state index in [2.05, 4.69) is 16.0 Å². The predicted molar refractivity (Wildman–Crippen MR) is 110 cm³/mol. The van der Waals surface area contributed by atoms with Crippen LogP contribution >= 0.6 is 22.9 Å². The first-order chi connectivity index (χ1) is 14.6. The highest BCUT2D eigenvalue weighted by Gasteiger charge is 2.47. The summed E-state index contributed by atoms with van der Waals surface area (Å²) in [6.07, 6.45) is -2.76. The highest BCUT2D eigenvalue weighted by molar-refractivity contribution is 7.07. The van der Waals surface area contributed by atoms with Crippen LogP contribution in [-0.4, -0.2) is 64.1 Å². The summed E-state index contributed by atoms with van der Waals surface area (Å²) < 4.78 is 31.7. The maximum atomic E-state index is 12.3. The van der Waals surface area contributed by atoms with Crippen LogP contribution in [0.15, 0.2) is 35.2 Å². The normalized spacial score (nSPS) is 18.1. The minimum Gasteiger partial charge on any atom is -0.475 e. The van der Waals surface area contributed by atoms with Crippen molar-refractivity contribution in [1.29, 1.82) is 0 Å². The van der Waals surface area contributed by atoms with Gasteiger partial charge < -0.3 is 10.0 Å². The molecule has 0 bridgehead atoms. The van der Waals surface area contributed by atoms with Gasteiger partial charge in [-0.25, -0.2) is 9.78 Å². The number of alkyl halides is 3. The molecule has 0 radical (unpaired) electrons. The number of benzene rings is 1. The molecule has 2 aliphatic rings. The van der Waals surface area contributed by atoms with E-state index in [1.807, 2.05) is 28.5 Å². The number of hydrogen-bond acceptors (Lipinski definition) is 5. The lowest BCUT2D eigenvalue weighted by Crippen LogP contribution is -2.61. The first-order valence-corrected chi connectivity index (χ1v) is 10.8. The zero-order valence-electron chi connectivity index (χ0n) is 16.4. The second-order valence-corrected chi connectivity index (χ2v) is 8.90. The summed E-state index contributed by atoms with van der Waals surface area (Å²) >= 11 is 7.54. The Morgan fingerprint density at radius 3 is 2.39 bits per heavy atom. The number of thiazole rings is 1. The molecule has 1 aromatic carbocycles. The number of nitrogens with zero attached hydrogens (tertiary/aromatic N) is 3. The molecule has 0 saturated carbocycles. The van der Waals surface area contributed by atoms with Gasteiger partial charge in [-0.05, 0) is 43.6 Å². The Kier molecular flexibility index (Phi) is 7.23. The standard InChI is InChI=1S/C18H20ClN3OS.C2HF3O2/c19-15-3-1-2-14(8-15)9-21-6-4-18(5-7-21)11-22(12-18)17(23)16-10-24-13-20-16;3-2(4,5)1(6)7/h1-3,8,10,13H,4-7,9,11-12H2;(H,6,7). The molecule has 1 spiro atoms. The molecule has 168 valence electrons. The first kappa shape index (κ1) is 23.5. The number of aromatic nitrogens is 1. The number of carboxylic acids is 1. The number of aliphatic carboxylic acids is 1. The van der Waals surface area contributed by atoms with Crippen molar-refractivity contribution >= 4 is 34.8 Å². The summed E-state index contributed by atoms with van der Waals surface area (Å²) in [6, 6.07) is 8.10. The molecule has 31 heavy (non-hydrogen) atoms. The molecule has 4 rings (SSSR count). The van der Waals surface area contributed by atoms with E-state index >= 15 is 0 Å². The summed E-state index contributed by atoms with van der Waals surface area (Å²) in [6.45, 7) is 4.90. The summed E-state index contributed by atoms with van der Waals surface area (Å²) in [5, 5.41) is 9.76. The van der Waals surface area contributed by atoms with Crippen molar-refractivity contribution in [3.63, 3.8) is 0 Å². The fraction of sp³-hybridized carbons (Fsp3) is 0.450. The lowest BCUT2D eigenvalue weighted by molar-refractivity contribution is -0.192. The van der Waals surface area contributed by atoms with Gasteiger partial charge in [0.1, 0.15) is 5.69 Å². The number of likely N-dealkylation sites (tertiary alicyclic amines) is 2. The number of carboxylic acid groups (broad SMARTS) is 1. The number of hydrogen-bond donors (Lipinski definition) is 1. The number of carbonyl (C=O) groups excluding carboxylic acids is 1. The Morgan fingerprint density at radius 1 is 1.23 bits per heavy atom. The van der Waals surface area contributed by atoms with E-state index < -0.39 is 12.1 Å². The van der Waals surface area contributed by atoms with Gasteiger partial charge in [0.05, 0.1) is 5.51 Å². The van der Waals surface area contributed by atoms with E-state index in [0.29, 0.717) is 11.1 Å². The van der Waals surface area contributed by atoms with Gasteiger partial charge in [-0.1, -0.05) is 23.7 Å². The van der Waals surface area contributed by atoms with Crippen molar-refractivity contribution in [3.8, 4) is 0 Å². The van der Waals surface area contributed by atoms with E-state index in [9.17, 15) is 18.0 Å². The predicted octanol–water partition coefficient (Wildman–Crippen LogP) is 4.17. The minimum atomic E-state index is -5.08. The average Bonchev–Trinajstić information content (AvgIpc) is 3.21. The topological polar surface area (TPSA) is 73.7 Å². The molecule has 6 nitrogen and oxygen atoms in total. The highest BCUT2D eigenvalue weighted by atomic mass is 35.5. The second-order valence-electron chi connectivity index (χ2n) is 7.74. The summed E-state index contributed by atoms with van der Waals surface area (Å²) in [5.74, 6) is -2.67. The van der Waals surface area contributed by atoms with Crippen LogP contribution in [0, 0.1) is 5.41 Å². The molecule has 1 amide bonds. The molecule has 1 aromatic heterocycles. The third-order valence-electron chi connectivity index (χ3n) is 5.45. The molecule has 2 fully saturated rings. The number of piperidine rings is 1. The molecule has 3 heterocycles. The minimum absolute atomic E-state index is 0.0863. The van der Waals surface area contributed by atoms with E-state index in [-0.39, 0.29) is 5.91 Å². The van der Waals surface area contributed by atoms with Gasteiger partial charge in [0.2, 0.25) is 0 Å². The smallest absolute Gasteiger partial charge is 0.475 e. The van der Waals surface area contributed by atoms with Crippen LogP contribution in [0.5, 0.6) is 0 Å². The van der Waals surface area contributed by atoms with Crippen LogP contribution in [0.1, 0.15) is 28.9 Å². The highest BCUT2D eigenvalue weighted by Crippen LogP contribution is 2.41. The molecule has 2 aliphatic heterocycles. The van der Waals surface area contributed by atoms with Crippen LogP contribution in [0.3, 0.4) is 0 Å². The summed E-state index contributed by atoms with van der Waals surface area (Å²) in [5.41, 5.74) is 3.91. The van der Waals surface area contributed by atoms with Gasteiger partial charge in [-0.15, -0.1) is 11.3 Å². The fourth-order valence-electron chi connectivity index (χ4n) is 3.78. The van der Waals surface area contributed by atoms with Gasteiger partial charge in [0.25, 0.3) is 5.91 Å². The Hall–Kier alpha value is -2.17. The monoisotopic (exact) mass is 475 g/mol. The molecule has 1 N–H and O–H groups in total. The molecule has 0 unspecified atom stereocenters. The third-order valence-corrected chi connectivity index (χ3v) is 6.27. The van der Waals surface area contributed by atoms with Gasteiger partial charge in [-0.3, -0.25) is 9.69 Å². The lowest BCUT2D eigenvalue weighted by Gasteiger charge is -2.53. The third kappa shape index (κ3) is 6.18. The van der Waals surface area contributed by atoms with Crippen LogP contribution in [0.25, 0.3) is 0 Å². The first-order valence-electron chi connectivity index (χ1n) is 9.52. The van der Waals surface area contributed by atoms with Crippen molar-refractivity contribution < 1.29 is 27.9 Å². The van der Waals surface area contributed by atoms with E-state index in [4.69, 9.17) is 21.5 Å². The Labute approximate surface area is 186 Å². The quantitative estimate of drug-likeness (QED) is 0.721. The number of rotatable bonds is 3. The number of carbonyl (C=O) groups is 2. The fourth-order valence-corrected chi connectivity index (χ4v) is 4.52. The van der Waals surface area contributed by atoms with Crippen LogP contribution in [0.4, 0.5) is 13.2 Å². The number of halogens is 4. The van der Waals surface area contributed by atoms with Gasteiger partial charge in [0.15, 0.2) is 0 Å². The summed E-state index contributed by atoms with van der Waals surface area (Å²) in [4.78, 5) is 29.8. The summed E-state index contributed by atoms with van der Waals surface area (Å²) in [7, 11) is 0. The Balaban J connectivity index is 0.000000339. The Morgan fingerprint density at radius 2 is 1.87 bits per heavy atom. The molecule has 2 saturated heterocycles. The molecular formula is C20H21ClF3N3O3S. The molecule has 0 aliphatic carbocycles. The largest absolute Gasteiger partial charge is 0.490 e. The molecule has 0 atom stereocenters. The van der Waals surface area contributed by atoms with E-state index in [1.54, 1.807) is 5.51 Å². The van der Waals surface area contributed by atoms with Crippen molar-refractivity contribution in [2.75, 3.05) is 26.2 Å². The Bertz CT molecular complexity index is 908. The maximum Gasteiger partial charge on any atom is 0.490 e. The molecule has 11 heteroatoms. The lowest BCUT2D eigenvalue weighted by atomic mass is 9.72. The van der Waals surface area contributed by atoms with Crippen LogP contribution < -0.4 is 0 Å².